The molecular formula is C13H18BrNO. The second-order valence-electron chi connectivity index (χ2n) is 4.62. The quantitative estimate of drug-likeness (QED) is 0.889. The SMILES string of the molecule is OC1(CNc2ccccc2Br)CCCCC1. The van der Waals surface area contributed by atoms with Gasteiger partial charge in [0, 0.05) is 16.7 Å². The second-order valence-corrected chi connectivity index (χ2v) is 5.47. The summed E-state index contributed by atoms with van der Waals surface area (Å²) in [5.74, 6) is 0. The standard InChI is InChI=1S/C13H18BrNO/c14-11-6-2-3-7-12(11)15-10-13(16)8-4-1-5-9-13/h2-3,6-7,15-16H,1,4-5,8-10H2. The fourth-order valence-electron chi connectivity index (χ4n) is 2.25. The smallest absolute Gasteiger partial charge is 0.0819 e. The molecule has 0 unspecified atom stereocenters. The van der Waals surface area contributed by atoms with Gasteiger partial charge >= 0.3 is 0 Å². The van der Waals surface area contributed by atoms with Crippen molar-refractivity contribution in [3.63, 3.8) is 0 Å². The molecule has 88 valence electrons. The van der Waals surface area contributed by atoms with Gasteiger partial charge in [-0.15, -0.1) is 0 Å². The summed E-state index contributed by atoms with van der Waals surface area (Å²) in [7, 11) is 0. The van der Waals surface area contributed by atoms with Gasteiger partial charge in [-0.2, -0.15) is 0 Å². The Morgan fingerprint density at radius 1 is 1.19 bits per heavy atom. The molecule has 0 aliphatic heterocycles. The van der Waals surface area contributed by atoms with E-state index in [9.17, 15) is 5.11 Å². The summed E-state index contributed by atoms with van der Waals surface area (Å²) in [6.07, 6.45) is 5.40. The third-order valence-electron chi connectivity index (χ3n) is 3.27. The topological polar surface area (TPSA) is 32.3 Å². The van der Waals surface area contributed by atoms with Crippen LogP contribution in [0.5, 0.6) is 0 Å². The number of para-hydroxylation sites is 1. The van der Waals surface area contributed by atoms with Crippen LogP contribution in [0, 0.1) is 0 Å². The summed E-state index contributed by atoms with van der Waals surface area (Å²) in [5, 5.41) is 13.7. The van der Waals surface area contributed by atoms with Crippen molar-refractivity contribution in [2.75, 3.05) is 11.9 Å². The highest BCUT2D eigenvalue weighted by Crippen LogP contribution is 2.29. The highest BCUT2D eigenvalue weighted by Gasteiger charge is 2.28. The van der Waals surface area contributed by atoms with E-state index in [1.807, 2.05) is 24.3 Å². The fraction of sp³-hybridized carbons (Fsp3) is 0.538. The molecule has 0 spiro atoms. The number of hydrogen-bond acceptors (Lipinski definition) is 2. The molecule has 3 heteroatoms. The number of nitrogens with one attached hydrogen (secondary N) is 1. The Morgan fingerprint density at radius 2 is 1.88 bits per heavy atom. The van der Waals surface area contributed by atoms with Gasteiger partial charge < -0.3 is 10.4 Å². The Bertz CT molecular complexity index is 348. The summed E-state index contributed by atoms with van der Waals surface area (Å²) in [6.45, 7) is 0.648. The van der Waals surface area contributed by atoms with E-state index in [1.54, 1.807) is 0 Å². The summed E-state index contributed by atoms with van der Waals surface area (Å²) in [5.41, 5.74) is 0.551. The van der Waals surface area contributed by atoms with Gasteiger partial charge in [-0.05, 0) is 40.9 Å². The van der Waals surface area contributed by atoms with Gasteiger partial charge in [0.15, 0.2) is 0 Å². The van der Waals surface area contributed by atoms with Crippen molar-refractivity contribution in [1.29, 1.82) is 0 Å². The molecule has 0 radical (unpaired) electrons. The second kappa shape index (κ2) is 5.19. The van der Waals surface area contributed by atoms with Gasteiger partial charge in [0.05, 0.1) is 5.60 Å². The van der Waals surface area contributed by atoms with E-state index in [1.165, 1.54) is 6.42 Å². The molecule has 1 aromatic rings. The average Bonchev–Trinajstić information content (AvgIpc) is 2.29. The van der Waals surface area contributed by atoms with Crippen LogP contribution in [0.1, 0.15) is 32.1 Å². The molecule has 0 atom stereocenters. The van der Waals surface area contributed by atoms with Crippen molar-refractivity contribution in [2.45, 2.75) is 37.7 Å². The molecule has 2 rings (SSSR count). The maximum absolute atomic E-state index is 10.3. The predicted octanol–water partition coefficient (Wildman–Crippen LogP) is 3.56. The Morgan fingerprint density at radius 3 is 2.56 bits per heavy atom. The van der Waals surface area contributed by atoms with Crippen molar-refractivity contribution < 1.29 is 5.11 Å². The first-order valence-corrected chi connectivity index (χ1v) is 6.70. The van der Waals surface area contributed by atoms with Crippen LogP contribution in [0.25, 0.3) is 0 Å². The third kappa shape index (κ3) is 2.98. The van der Waals surface area contributed by atoms with Gasteiger partial charge in [-0.3, -0.25) is 0 Å². The summed E-state index contributed by atoms with van der Waals surface area (Å²) >= 11 is 3.49. The molecular weight excluding hydrogens is 266 g/mol. The van der Waals surface area contributed by atoms with Gasteiger partial charge in [0.1, 0.15) is 0 Å². The van der Waals surface area contributed by atoms with Gasteiger partial charge in [0.25, 0.3) is 0 Å². The van der Waals surface area contributed by atoms with E-state index in [2.05, 4.69) is 21.2 Å². The lowest BCUT2D eigenvalue weighted by molar-refractivity contribution is 0.0167. The van der Waals surface area contributed by atoms with Gasteiger partial charge in [0.2, 0.25) is 0 Å². The molecule has 1 fully saturated rings. The molecule has 1 aromatic carbocycles. The number of benzene rings is 1. The summed E-state index contributed by atoms with van der Waals surface area (Å²) in [4.78, 5) is 0. The first-order chi connectivity index (χ1) is 7.70. The Balaban J connectivity index is 1.94. The minimum atomic E-state index is -0.506. The van der Waals surface area contributed by atoms with Crippen LogP contribution >= 0.6 is 15.9 Å². The van der Waals surface area contributed by atoms with Crippen molar-refractivity contribution in [1.82, 2.24) is 0 Å². The number of hydrogen-bond donors (Lipinski definition) is 2. The predicted molar refractivity (Wildman–Crippen MR) is 70.7 cm³/mol. The molecule has 0 bridgehead atoms. The monoisotopic (exact) mass is 283 g/mol. The lowest BCUT2D eigenvalue weighted by Crippen LogP contribution is -2.38. The number of anilines is 1. The van der Waals surface area contributed by atoms with Crippen molar-refractivity contribution in [3.8, 4) is 0 Å². The minimum Gasteiger partial charge on any atom is -0.388 e. The minimum absolute atomic E-state index is 0.506. The van der Waals surface area contributed by atoms with Gasteiger partial charge in [-0.1, -0.05) is 31.4 Å². The molecule has 0 aromatic heterocycles. The maximum Gasteiger partial charge on any atom is 0.0819 e. The molecule has 2 nitrogen and oxygen atoms in total. The van der Waals surface area contributed by atoms with E-state index in [4.69, 9.17) is 0 Å². The normalized spacial score (nSPS) is 19.4. The lowest BCUT2D eigenvalue weighted by Gasteiger charge is -2.32. The molecule has 1 aliphatic rings. The van der Waals surface area contributed by atoms with Crippen molar-refractivity contribution in [3.05, 3.63) is 28.7 Å². The largest absolute Gasteiger partial charge is 0.388 e. The van der Waals surface area contributed by atoms with Crippen LogP contribution in [0.4, 0.5) is 5.69 Å². The first-order valence-electron chi connectivity index (χ1n) is 5.90. The van der Waals surface area contributed by atoms with Gasteiger partial charge in [-0.25, -0.2) is 0 Å². The molecule has 2 N–H and O–H groups in total. The zero-order chi connectivity index (χ0) is 11.4. The van der Waals surface area contributed by atoms with Crippen LogP contribution in [-0.2, 0) is 0 Å². The average molecular weight is 284 g/mol. The third-order valence-corrected chi connectivity index (χ3v) is 3.96. The van der Waals surface area contributed by atoms with E-state index in [0.717, 1.165) is 35.8 Å². The zero-order valence-corrected chi connectivity index (χ0v) is 11.0. The molecule has 0 heterocycles. The van der Waals surface area contributed by atoms with E-state index in [-0.39, 0.29) is 0 Å². The van der Waals surface area contributed by atoms with E-state index < -0.39 is 5.60 Å². The molecule has 1 aliphatic carbocycles. The number of aliphatic hydroxyl groups is 1. The Kier molecular flexibility index (Phi) is 3.87. The van der Waals surface area contributed by atoms with Crippen LogP contribution in [0.3, 0.4) is 0 Å². The zero-order valence-electron chi connectivity index (χ0n) is 9.38. The summed E-state index contributed by atoms with van der Waals surface area (Å²) < 4.78 is 1.05. The molecule has 0 saturated heterocycles. The Labute approximate surface area is 105 Å². The van der Waals surface area contributed by atoms with Crippen LogP contribution in [-0.4, -0.2) is 17.3 Å². The molecule has 1 saturated carbocycles. The highest BCUT2D eigenvalue weighted by atomic mass is 79.9. The lowest BCUT2D eigenvalue weighted by atomic mass is 9.85. The molecule has 16 heavy (non-hydrogen) atoms. The van der Waals surface area contributed by atoms with Crippen molar-refractivity contribution >= 4 is 21.6 Å². The van der Waals surface area contributed by atoms with Crippen molar-refractivity contribution in [2.24, 2.45) is 0 Å². The number of rotatable bonds is 3. The van der Waals surface area contributed by atoms with Crippen LogP contribution in [0.2, 0.25) is 0 Å². The van der Waals surface area contributed by atoms with E-state index in [0.29, 0.717) is 6.54 Å². The maximum atomic E-state index is 10.3. The Hall–Kier alpha value is -0.540. The number of halogens is 1. The van der Waals surface area contributed by atoms with E-state index >= 15 is 0 Å². The first kappa shape index (κ1) is 11.9. The summed E-state index contributed by atoms with van der Waals surface area (Å²) in [6, 6.07) is 8.02. The highest BCUT2D eigenvalue weighted by molar-refractivity contribution is 9.10. The van der Waals surface area contributed by atoms with Crippen LogP contribution < -0.4 is 5.32 Å². The fourth-order valence-corrected chi connectivity index (χ4v) is 2.68. The van der Waals surface area contributed by atoms with Crippen LogP contribution in [0.15, 0.2) is 28.7 Å². The molecule has 0 amide bonds.